The third kappa shape index (κ3) is 3.46. The van der Waals surface area contributed by atoms with Gasteiger partial charge < -0.3 is 10.4 Å². The maximum atomic E-state index is 12.7. The molecule has 0 saturated heterocycles. The summed E-state index contributed by atoms with van der Waals surface area (Å²) in [7, 11) is 0. The first-order chi connectivity index (χ1) is 14.0. The second kappa shape index (κ2) is 7.62. The lowest BCUT2D eigenvalue weighted by atomic mass is 9.74. The summed E-state index contributed by atoms with van der Waals surface area (Å²) in [6.07, 6.45) is 5.64. The average molecular weight is 393 g/mol. The van der Waals surface area contributed by atoms with Gasteiger partial charge in [0.1, 0.15) is 0 Å². The largest absolute Gasteiger partial charge is 0.481 e. The molecule has 150 valence electrons. The van der Waals surface area contributed by atoms with Crippen LogP contribution in [-0.4, -0.2) is 43.5 Å². The average Bonchev–Trinajstić information content (AvgIpc) is 3.13. The van der Waals surface area contributed by atoms with Crippen LogP contribution in [0.5, 0.6) is 0 Å². The highest BCUT2D eigenvalue weighted by molar-refractivity contribution is 5.94. The molecule has 0 aliphatic heterocycles. The molecule has 4 rings (SSSR count). The topological polar surface area (TPSA) is 110 Å². The number of hydrogen-bond donors (Lipinski definition) is 2. The molecule has 0 spiro atoms. The Hall–Kier alpha value is -3.29. The summed E-state index contributed by atoms with van der Waals surface area (Å²) in [6.45, 7) is 1.87. The molecule has 0 unspecified atom stereocenters. The maximum absolute atomic E-state index is 12.7. The molecule has 2 N–H and O–H groups in total. The molecule has 1 fully saturated rings. The van der Waals surface area contributed by atoms with Crippen molar-refractivity contribution in [2.24, 2.45) is 5.41 Å². The summed E-state index contributed by atoms with van der Waals surface area (Å²) in [5.41, 5.74) is 1.38. The Bertz CT molecular complexity index is 1060. The van der Waals surface area contributed by atoms with Crippen molar-refractivity contribution in [2.45, 2.75) is 39.0 Å². The van der Waals surface area contributed by atoms with Crippen molar-refractivity contribution < 1.29 is 14.7 Å². The van der Waals surface area contributed by atoms with Gasteiger partial charge in [-0.05, 0) is 31.9 Å². The molecular weight excluding hydrogens is 370 g/mol. The minimum atomic E-state index is -0.892. The van der Waals surface area contributed by atoms with Gasteiger partial charge in [0.2, 0.25) is 0 Å². The summed E-state index contributed by atoms with van der Waals surface area (Å²) in [5, 5.41) is 21.6. The van der Waals surface area contributed by atoms with E-state index >= 15 is 0 Å². The van der Waals surface area contributed by atoms with Crippen molar-refractivity contribution in [1.82, 2.24) is 25.3 Å². The molecule has 1 aliphatic carbocycles. The zero-order valence-electron chi connectivity index (χ0n) is 16.3. The molecule has 8 heteroatoms. The lowest BCUT2D eigenvalue weighted by molar-refractivity contribution is -0.150. The fourth-order valence-corrected chi connectivity index (χ4v) is 4.05. The van der Waals surface area contributed by atoms with Gasteiger partial charge in [-0.15, -0.1) is 5.10 Å². The number of fused-ring (bicyclic) bond motifs is 1. The number of amides is 1. The third-order valence-electron chi connectivity index (χ3n) is 5.80. The Morgan fingerprint density at radius 2 is 1.93 bits per heavy atom. The number of rotatable bonds is 5. The SMILES string of the molecule is Cc1c(C(=O)NCC2(C(=O)O)CCCCC2)nnn1-c1cccc2cccnc12. The van der Waals surface area contributed by atoms with Crippen LogP contribution in [0.4, 0.5) is 0 Å². The van der Waals surface area contributed by atoms with Crippen LogP contribution in [0.2, 0.25) is 0 Å². The van der Waals surface area contributed by atoms with E-state index in [-0.39, 0.29) is 12.2 Å². The molecule has 0 atom stereocenters. The number of nitrogens with zero attached hydrogens (tertiary/aromatic N) is 4. The van der Waals surface area contributed by atoms with Gasteiger partial charge in [-0.3, -0.25) is 14.6 Å². The third-order valence-corrected chi connectivity index (χ3v) is 5.80. The minimum Gasteiger partial charge on any atom is -0.481 e. The van der Waals surface area contributed by atoms with E-state index in [0.717, 1.165) is 35.9 Å². The number of carboxylic acid groups (broad SMARTS) is 1. The number of carbonyl (C=O) groups is 2. The van der Waals surface area contributed by atoms with Crippen molar-refractivity contribution >= 4 is 22.8 Å². The Labute approximate surface area is 167 Å². The molecule has 1 saturated carbocycles. The predicted octanol–water partition coefficient (Wildman–Crippen LogP) is 2.89. The second-order valence-electron chi connectivity index (χ2n) is 7.62. The molecule has 1 aromatic carbocycles. The van der Waals surface area contributed by atoms with E-state index in [9.17, 15) is 14.7 Å². The number of carboxylic acids is 1. The number of para-hydroxylation sites is 1. The Morgan fingerprint density at radius 3 is 2.69 bits per heavy atom. The normalized spacial score (nSPS) is 15.9. The van der Waals surface area contributed by atoms with E-state index in [4.69, 9.17) is 0 Å². The molecule has 1 amide bonds. The number of aliphatic carboxylic acids is 1. The van der Waals surface area contributed by atoms with Gasteiger partial charge in [0, 0.05) is 18.1 Å². The molecule has 1 aliphatic rings. The van der Waals surface area contributed by atoms with Crippen LogP contribution >= 0.6 is 0 Å². The number of pyridine rings is 1. The zero-order chi connectivity index (χ0) is 20.4. The summed E-state index contributed by atoms with van der Waals surface area (Å²) >= 11 is 0. The van der Waals surface area contributed by atoms with Gasteiger partial charge in [-0.2, -0.15) is 0 Å². The van der Waals surface area contributed by atoms with Crippen molar-refractivity contribution in [2.75, 3.05) is 6.54 Å². The van der Waals surface area contributed by atoms with E-state index in [0.29, 0.717) is 18.5 Å². The van der Waals surface area contributed by atoms with Crippen LogP contribution in [0.3, 0.4) is 0 Å². The first-order valence-electron chi connectivity index (χ1n) is 9.80. The smallest absolute Gasteiger partial charge is 0.311 e. The molecular formula is C21H23N5O3. The van der Waals surface area contributed by atoms with E-state index in [2.05, 4.69) is 20.6 Å². The zero-order valence-corrected chi connectivity index (χ0v) is 16.3. The summed E-state index contributed by atoms with van der Waals surface area (Å²) in [5.74, 6) is -1.26. The van der Waals surface area contributed by atoms with Gasteiger partial charge in [0.25, 0.3) is 5.91 Å². The number of benzene rings is 1. The van der Waals surface area contributed by atoms with Gasteiger partial charge in [-0.1, -0.05) is 42.7 Å². The van der Waals surface area contributed by atoms with Crippen LogP contribution in [-0.2, 0) is 4.79 Å². The molecule has 2 heterocycles. The van der Waals surface area contributed by atoms with Crippen LogP contribution in [0.1, 0.15) is 48.3 Å². The van der Waals surface area contributed by atoms with E-state index in [1.54, 1.807) is 17.8 Å². The van der Waals surface area contributed by atoms with E-state index < -0.39 is 17.3 Å². The highest BCUT2D eigenvalue weighted by atomic mass is 16.4. The first kappa shape index (κ1) is 19.0. The predicted molar refractivity (Wildman–Crippen MR) is 107 cm³/mol. The molecule has 0 bridgehead atoms. The maximum Gasteiger partial charge on any atom is 0.311 e. The van der Waals surface area contributed by atoms with Crippen LogP contribution < -0.4 is 5.32 Å². The highest BCUT2D eigenvalue weighted by Gasteiger charge is 2.40. The van der Waals surface area contributed by atoms with Gasteiger partial charge in [-0.25, -0.2) is 4.68 Å². The van der Waals surface area contributed by atoms with E-state index in [1.807, 2.05) is 30.3 Å². The van der Waals surface area contributed by atoms with Crippen molar-refractivity contribution in [3.8, 4) is 5.69 Å². The standard InChI is InChI=1S/C21H23N5O3/c1-14-17(19(27)23-13-21(20(28)29)10-3-2-4-11-21)24-25-26(14)16-9-5-7-15-8-6-12-22-18(15)16/h5-9,12H,2-4,10-11,13H2,1H3,(H,23,27)(H,28,29). The Balaban J connectivity index is 1.58. The highest BCUT2D eigenvalue weighted by Crippen LogP contribution is 2.36. The molecule has 29 heavy (non-hydrogen) atoms. The number of hydrogen-bond acceptors (Lipinski definition) is 5. The number of nitrogens with one attached hydrogen (secondary N) is 1. The van der Waals surface area contributed by atoms with Gasteiger partial charge in [0.15, 0.2) is 5.69 Å². The number of aromatic nitrogens is 4. The lowest BCUT2D eigenvalue weighted by Gasteiger charge is -2.33. The first-order valence-corrected chi connectivity index (χ1v) is 9.80. The number of carbonyl (C=O) groups excluding carboxylic acids is 1. The second-order valence-corrected chi connectivity index (χ2v) is 7.62. The van der Waals surface area contributed by atoms with Gasteiger partial charge in [0.05, 0.1) is 22.3 Å². The quantitative estimate of drug-likeness (QED) is 0.690. The van der Waals surface area contributed by atoms with Crippen molar-refractivity contribution in [3.63, 3.8) is 0 Å². The summed E-state index contributed by atoms with van der Waals surface area (Å²) < 4.78 is 1.60. The molecule has 2 aromatic heterocycles. The van der Waals surface area contributed by atoms with Crippen LogP contribution in [0.25, 0.3) is 16.6 Å². The van der Waals surface area contributed by atoms with Crippen LogP contribution in [0.15, 0.2) is 36.5 Å². The minimum absolute atomic E-state index is 0.100. The summed E-state index contributed by atoms with van der Waals surface area (Å²) in [6, 6.07) is 9.56. The van der Waals surface area contributed by atoms with Crippen LogP contribution in [0, 0.1) is 12.3 Å². The van der Waals surface area contributed by atoms with E-state index in [1.165, 1.54) is 0 Å². The van der Waals surface area contributed by atoms with Gasteiger partial charge >= 0.3 is 5.97 Å². The van der Waals surface area contributed by atoms with Crippen molar-refractivity contribution in [1.29, 1.82) is 0 Å². The van der Waals surface area contributed by atoms with Crippen molar-refractivity contribution in [3.05, 3.63) is 47.9 Å². The lowest BCUT2D eigenvalue weighted by Crippen LogP contribution is -2.44. The fourth-order valence-electron chi connectivity index (χ4n) is 4.05. The summed E-state index contributed by atoms with van der Waals surface area (Å²) in [4.78, 5) is 29.0. The molecule has 8 nitrogen and oxygen atoms in total. The monoisotopic (exact) mass is 393 g/mol. The fraction of sp³-hybridized carbons (Fsp3) is 0.381. The Kier molecular flexibility index (Phi) is 5.00. The molecule has 3 aromatic rings. The molecule has 0 radical (unpaired) electrons. The Morgan fingerprint density at radius 1 is 1.17 bits per heavy atom.